The van der Waals surface area contributed by atoms with Crippen molar-refractivity contribution in [2.75, 3.05) is 7.11 Å². The quantitative estimate of drug-likeness (QED) is 0.700. The van der Waals surface area contributed by atoms with Crippen molar-refractivity contribution in [3.05, 3.63) is 76.9 Å². The fourth-order valence-electron chi connectivity index (χ4n) is 2.75. The SMILES string of the molecule is C/C=C\c1c(CC)cccc1C(OC)C1=CC=CCC=C1. The number of allylic oxidation sites excluding steroid dienone is 5. The summed E-state index contributed by atoms with van der Waals surface area (Å²) in [6.45, 7) is 4.26. The molecule has 0 fully saturated rings. The van der Waals surface area contributed by atoms with Crippen LogP contribution in [0.4, 0.5) is 0 Å². The predicted molar refractivity (Wildman–Crippen MR) is 91.3 cm³/mol. The fraction of sp³-hybridized carbons (Fsp3) is 0.300. The van der Waals surface area contributed by atoms with Crippen molar-refractivity contribution in [1.29, 1.82) is 0 Å². The van der Waals surface area contributed by atoms with Crippen LogP contribution in [0.3, 0.4) is 0 Å². The van der Waals surface area contributed by atoms with Gasteiger partial charge in [0.2, 0.25) is 0 Å². The lowest BCUT2D eigenvalue weighted by Crippen LogP contribution is -2.07. The molecule has 1 aromatic rings. The van der Waals surface area contributed by atoms with Crippen LogP contribution in [0.5, 0.6) is 0 Å². The zero-order chi connectivity index (χ0) is 15.1. The van der Waals surface area contributed by atoms with Crippen LogP contribution in [0, 0.1) is 0 Å². The molecule has 1 aromatic carbocycles. The van der Waals surface area contributed by atoms with Gasteiger partial charge in [-0.3, -0.25) is 0 Å². The largest absolute Gasteiger partial charge is 0.372 e. The molecule has 0 aromatic heterocycles. The average molecular weight is 280 g/mol. The van der Waals surface area contributed by atoms with Gasteiger partial charge in [0.05, 0.1) is 0 Å². The first kappa shape index (κ1) is 15.5. The maximum absolute atomic E-state index is 5.83. The van der Waals surface area contributed by atoms with Crippen molar-refractivity contribution < 1.29 is 4.74 Å². The van der Waals surface area contributed by atoms with E-state index in [4.69, 9.17) is 4.74 Å². The monoisotopic (exact) mass is 280 g/mol. The number of hydrogen-bond donors (Lipinski definition) is 0. The summed E-state index contributed by atoms with van der Waals surface area (Å²) < 4.78 is 5.83. The summed E-state index contributed by atoms with van der Waals surface area (Å²) >= 11 is 0. The molecule has 0 saturated carbocycles. The Hall–Kier alpha value is -1.86. The van der Waals surface area contributed by atoms with Gasteiger partial charge in [-0.2, -0.15) is 0 Å². The van der Waals surface area contributed by atoms with E-state index in [0.717, 1.165) is 12.8 Å². The van der Waals surface area contributed by atoms with Crippen molar-refractivity contribution in [3.8, 4) is 0 Å². The molecule has 0 saturated heterocycles. The minimum atomic E-state index is -0.0262. The average Bonchev–Trinajstić information content (AvgIpc) is 2.79. The van der Waals surface area contributed by atoms with E-state index in [0.29, 0.717) is 0 Å². The summed E-state index contributed by atoms with van der Waals surface area (Å²) in [4.78, 5) is 0. The second kappa shape index (κ2) is 7.80. The van der Waals surface area contributed by atoms with Crippen LogP contribution in [-0.4, -0.2) is 7.11 Å². The van der Waals surface area contributed by atoms with Crippen LogP contribution in [0.1, 0.15) is 43.1 Å². The lowest BCUT2D eigenvalue weighted by molar-refractivity contribution is 0.135. The van der Waals surface area contributed by atoms with E-state index in [9.17, 15) is 0 Å². The van der Waals surface area contributed by atoms with E-state index in [1.807, 2.05) is 0 Å². The number of rotatable bonds is 5. The molecule has 1 atom stereocenters. The molecule has 0 bridgehead atoms. The summed E-state index contributed by atoms with van der Waals surface area (Å²) in [5, 5.41) is 0. The number of benzene rings is 1. The lowest BCUT2D eigenvalue weighted by Gasteiger charge is -2.21. The van der Waals surface area contributed by atoms with Crippen molar-refractivity contribution in [2.45, 2.75) is 32.8 Å². The number of hydrogen-bond acceptors (Lipinski definition) is 1. The second-order valence-corrected chi connectivity index (χ2v) is 5.12. The van der Waals surface area contributed by atoms with Gasteiger partial charge in [0.25, 0.3) is 0 Å². The van der Waals surface area contributed by atoms with Crippen LogP contribution < -0.4 is 0 Å². The van der Waals surface area contributed by atoms with Gasteiger partial charge in [-0.15, -0.1) is 0 Å². The topological polar surface area (TPSA) is 9.23 Å². The summed E-state index contributed by atoms with van der Waals surface area (Å²) in [7, 11) is 1.78. The molecule has 110 valence electrons. The highest BCUT2D eigenvalue weighted by atomic mass is 16.5. The van der Waals surface area contributed by atoms with Crippen LogP contribution in [0.2, 0.25) is 0 Å². The van der Waals surface area contributed by atoms with E-state index >= 15 is 0 Å². The molecule has 21 heavy (non-hydrogen) atoms. The Bertz CT molecular complexity index is 588. The van der Waals surface area contributed by atoms with E-state index in [-0.39, 0.29) is 6.10 Å². The molecular weight excluding hydrogens is 256 g/mol. The second-order valence-electron chi connectivity index (χ2n) is 5.12. The van der Waals surface area contributed by atoms with Gasteiger partial charge in [0, 0.05) is 7.11 Å². The Morgan fingerprint density at radius 3 is 2.86 bits per heavy atom. The molecule has 0 spiro atoms. The Balaban J connectivity index is 2.51. The van der Waals surface area contributed by atoms with Gasteiger partial charge < -0.3 is 4.74 Å². The molecule has 1 nitrogen and oxygen atoms in total. The highest BCUT2D eigenvalue weighted by Gasteiger charge is 2.18. The Morgan fingerprint density at radius 1 is 1.29 bits per heavy atom. The third-order valence-electron chi connectivity index (χ3n) is 3.77. The first-order valence-electron chi connectivity index (χ1n) is 7.62. The Labute approximate surface area is 128 Å². The maximum atomic E-state index is 5.83. The fourth-order valence-corrected chi connectivity index (χ4v) is 2.75. The molecule has 0 aliphatic heterocycles. The zero-order valence-electron chi connectivity index (χ0n) is 13.2. The van der Waals surface area contributed by atoms with E-state index in [1.165, 1.54) is 22.3 Å². The highest BCUT2D eigenvalue weighted by Crippen LogP contribution is 2.32. The first-order valence-corrected chi connectivity index (χ1v) is 7.62. The summed E-state index contributed by atoms with van der Waals surface area (Å²) in [6.07, 6.45) is 17.0. The molecule has 0 N–H and O–H groups in total. The van der Waals surface area contributed by atoms with Gasteiger partial charge >= 0.3 is 0 Å². The van der Waals surface area contributed by atoms with E-state index in [1.54, 1.807) is 7.11 Å². The summed E-state index contributed by atoms with van der Waals surface area (Å²) in [6, 6.07) is 6.50. The van der Waals surface area contributed by atoms with Crippen LogP contribution >= 0.6 is 0 Å². The van der Waals surface area contributed by atoms with Gasteiger partial charge in [0.15, 0.2) is 0 Å². The Morgan fingerprint density at radius 2 is 2.14 bits per heavy atom. The number of methoxy groups -OCH3 is 1. The first-order chi connectivity index (χ1) is 10.3. The molecule has 0 amide bonds. The smallest absolute Gasteiger partial charge is 0.108 e. The van der Waals surface area contributed by atoms with Crippen molar-refractivity contribution in [3.63, 3.8) is 0 Å². The molecular formula is C20H24O. The van der Waals surface area contributed by atoms with Crippen LogP contribution in [0.25, 0.3) is 6.08 Å². The molecule has 0 heterocycles. The lowest BCUT2D eigenvalue weighted by atomic mass is 9.91. The minimum absolute atomic E-state index is 0.0262. The maximum Gasteiger partial charge on any atom is 0.108 e. The third kappa shape index (κ3) is 3.62. The predicted octanol–water partition coefficient (Wildman–Crippen LogP) is 5.41. The van der Waals surface area contributed by atoms with Crippen LogP contribution in [-0.2, 0) is 11.2 Å². The summed E-state index contributed by atoms with van der Waals surface area (Å²) in [5.74, 6) is 0. The van der Waals surface area contributed by atoms with Gasteiger partial charge in [-0.25, -0.2) is 0 Å². The summed E-state index contributed by atoms with van der Waals surface area (Å²) in [5.41, 5.74) is 5.09. The zero-order valence-corrected chi connectivity index (χ0v) is 13.2. The van der Waals surface area contributed by atoms with Crippen LogP contribution in [0.15, 0.2) is 60.2 Å². The van der Waals surface area contributed by atoms with Crippen molar-refractivity contribution in [1.82, 2.24) is 0 Å². The number of ether oxygens (including phenoxy) is 1. The molecule has 1 aliphatic carbocycles. The highest BCUT2D eigenvalue weighted by molar-refractivity contribution is 5.60. The Kier molecular flexibility index (Phi) is 5.77. The molecule has 1 unspecified atom stereocenters. The van der Waals surface area contributed by atoms with Crippen molar-refractivity contribution in [2.24, 2.45) is 0 Å². The van der Waals surface area contributed by atoms with Gasteiger partial charge in [0.1, 0.15) is 6.10 Å². The number of aryl methyl sites for hydroxylation is 1. The van der Waals surface area contributed by atoms with Gasteiger partial charge in [-0.1, -0.05) is 67.7 Å². The molecule has 2 rings (SSSR count). The molecule has 1 heteroatoms. The van der Waals surface area contributed by atoms with E-state index in [2.05, 4.69) is 74.6 Å². The molecule has 1 aliphatic rings. The standard InChI is InChI=1S/C20H24O/c1-4-11-18-16(5-2)14-10-15-19(18)20(21-3)17-12-8-6-7-9-13-17/h4,6,8-15,20H,5,7H2,1-3H3/b11-4-. The van der Waals surface area contributed by atoms with Crippen molar-refractivity contribution >= 4 is 6.08 Å². The normalized spacial score (nSPS) is 16.0. The van der Waals surface area contributed by atoms with E-state index < -0.39 is 0 Å². The molecule has 0 radical (unpaired) electrons. The minimum Gasteiger partial charge on any atom is -0.372 e. The third-order valence-corrected chi connectivity index (χ3v) is 3.77. The van der Waals surface area contributed by atoms with Gasteiger partial charge in [-0.05, 0) is 42.0 Å².